The molecule has 0 aromatic rings. The molecule has 19 heavy (non-hydrogen) atoms. The number of ketones is 2. The molecular weight excluding hydrogens is 252 g/mol. The highest BCUT2D eigenvalue weighted by Crippen LogP contribution is 2.33. The number of hydrogen-bond donors (Lipinski definition) is 2. The molecule has 6 heteroatoms. The van der Waals surface area contributed by atoms with Gasteiger partial charge >= 0.3 is 11.9 Å². The van der Waals surface area contributed by atoms with Gasteiger partial charge in [0.15, 0.2) is 0 Å². The Morgan fingerprint density at radius 3 is 1.63 bits per heavy atom. The summed E-state index contributed by atoms with van der Waals surface area (Å²) in [6.07, 6.45) is 0.678. The van der Waals surface area contributed by atoms with Gasteiger partial charge < -0.3 is 10.2 Å². The van der Waals surface area contributed by atoms with Gasteiger partial charge in [-0.2, -0.15) is 0 Å². The molecular formula is C13H20O6. The second-order valence-corrected chi connectivity index (χ2v) is 4.69. The second kappa shape index (κ2) is 7.66. The Bertz CT molecular complexity index is 357. The van der Waals surface area contributed by atoms with E-state index in [2.05, 4.69) is 0 Å². The van der Waals surface area contributed by atoms with E-state index < -0.39 is 17.4 Å². The Balaban J connectivity index is 4.73. The van der Waals surface area contributed by atoms with Gasteiger partial charge in [0.05, 0.1) is 5.41 Å². The third kappa shape index (κ3) is 5.63. The summed E-state index contributed by atoms with van der Waals surface area (Å²) in [5.41, 5.74) is -1.28. The van der Waals surface area contributed by atoms with Crippen LogP contribution in [0.2, 0.25) is 0 Å². The molecule has 0 rings (SSSR count). The zero-order chi connectivity index (χ0) is 15.1. The molecule has 6 nitrogen and oxygen atoms in total. The van der Waals surface area contributed by atoms with Crippen LogP contribution >= 0.6 is 0 Å². The van der Waals surface area contributed by atoms with E-state index in [9.17, 15) is 19.2 Å². The van der Waals surface area contributed by atoms with Gasteiger partial charge in [-0.05, 0) is 33.1 Å². The molecule has 0 heterocycles. The molecule has 0 aromatic heterocycles. The molecule has 0 aliphatic heterocycles. The van der Waals surface area contributed by atoms with E-state index in [1.54, 1.807) is 0 Å². The zero-order valence-electron chi connectivity index (χ0n) is 11.3. The van der Waals surface area contributed by atoms with Crippen molar-refractivity contribution < 1.29 is 29.4 Å². The number of carboxylic acids is 2. The molecule has 0 aliphatic rings. The molecule has 0 aromatic carbocycles. The molecule has 0 bridgehead atoms. The van der Waals surface area contributed by atoms with Gasteiger partial charge in [-0.25, -0.2) is 0 Å². The smallest absolute Gasteiger partial charge is 0.303 e. The van der Waals surface area contributed by atoms with Gasteiger partial charge in [-0.3, -0.25) is 19.2 Å². The van der Waals surface area contributed by atoms with Crippen molar-refractivity contribution in [2.45, 2.75) is 52.4 Å². The van der Waals surface area contributed by atoms with Crippen molar-refractivity contribution in [2.75, 3.05) is 0 Å². The Hall–Kier alpha value is -1.72. The van der Waals surface area contributed by atoms with Crippen LogP contribution in [0, 0.1) is 5.41 Å². The van der Waals surface area contributed by atoms with Gasteiger partial charge in [0.2, 0.25) is 0 Å². The van der Waals surface area contributed by atoms with Crippen LogP contribution in [0.3, 0.4) is 0 Å². The maximum atomic E-state index is 11.7. The van der Waals surface area contributed by atoms with Crippen LogP contribution in [0.5, 0.6) is 0 Å². The first kappa shape index (κ1) is 17.3. The number of carbonyl (C=O) groups is 4. The van der Waals surface area contributed by atoms with Crippen LogP contribution in [0.15, 0.2) is 0 Å². The topological polar surface area (TPSA) is 109 Å². The third-order valence-electron chi connectivity index (χ3n) is 3.36. The number of Topliss-reactive ketones (excluding diaryl/α,β-unsaturated/α-hetero) is 2. The summed E-state index contributed by atoms with van der Waals surface area (Å²) in [5.74, 6) is -2.69. The van der Waals surface area contributed by atoms with Crippen LogP contribution in [-0.4, -0.2) is 33.7 Å². The Kier molecular flexibility index (Phi) is 6.96. The van der Waals surface area contributed by atoms with Crippen molar-refractivity contribution in [3.63, 3.8) is 0 Å². The van der Waals surface area contributed by atoms with Crippen molar-refractivity contribution in [3.8, 4) is 0 Å². The van der Waals surface area contributed by atoms with E-state index >= 15 is 0 Å². The van der Waals surface area contributed by atoms with E-state index in [1.807, 2.05) is 0 Å². The number of aliphatic carboxylic acids is 2. The third-order valence-corrected chi connectivity index (χ3v) is 3.36. The highest BCUT2D eigenvalue weighted by Gasteiger charge is 2.39. The van der Waals surface area contributed by atoms with Crippen molar-refractivity contribution in [1.29, 1.82) is 0 Å². The monoisotopic (exact) mass is 272 g/mol. The molecule has 0 saturated carbocycles. The summed E-state index contributed by atoms with van der Waals surface area (Å²) in [6.45, 7) is 2.56. The minimum Gasteiger partial charge on any atom is -0.481 e. The highest BCUT2D eigenvalue weighted by atomic mass is 16.4. The number of hydrogen-bond acceptors (Lipinski definition) is 4. The van der Waals surface area contributed by atoms with Crippen molar-refractivity contribution in [2.24, 2.45) is 5.41 Å². The molecule has 0 amide bonds. The summed E-state index contributed by atoms with van der Waals surface area (Å²) in [4.78, 5) is 44.4. The van der Waals surface area contributed by atoms with E-state index in [4.69, 9.17) is 10.2 Å². The lowest BCUT2D eigenvalue weighted by molar-refractivity contribution is -0.142. The molecule has 0 unspecified atom stereocenters. The number of rotatable bonds is 10. The predicted molar refractivity (Wildman–Crippen MR) is 66.8 cm³/mol. The van der Waals surface area contributed by atoms with Crippen LogP contribution in [0.1, 0.15) is 52.4 Å². The molecule has 0 saturated heterocycles. The lowest BCUT2D eigenvalue weighted by atomic mass is 9.72. The number of carbonyl (C=O) groups excluding carboxylic acids is 2. The van der Waals surface area contributed by atoms with Crippen molar-refractivity contribution >= 4 is 23.5 Å². The molecule has 0 fully saturated rings. The van der Waals surface area contributed by atoms with Gasteiger partial charge in [0.25, 0.3) is 0 Å². The molecule has 0 spiro atoms. The van der Waals surface area contributed by atoms with Gasteiger partial charge in [-0.1, -0.05) is 6.42 Å². The normalized spacial score (nSPS) is 11.1. The summed E-state index contributed by atoms with van der Waals surface area (Å²) in [7, 11) is 0. The largest absolute Gasteiger partial charge is 0.481 e. The highest BCUT2D eigenvalue weighted by molar-refractivity contribution is 6.05. The van der Waals surface area contributed by atoms with E-state index in [0.29, 0.717) is 12.8 Å². The van der Waals surface area contributed by atoms with Crippen molar-refractivity contribution in [1.82, 2.24) is 0 Å². The molecule has 0 atom stereocenters. The number of unbranched alkanes of at least 4 members (excludes halogenated alkanes) is 1. The van der Waals surface area contributed by atoms with Crippen LogP contribution in [0.25, 0.3) is 0 Å². The van der Waals surface area contributed by atoms with Crippen LogP contribution in [0.4, 0.5) is 0 Å². The van der Waals surface area contributed by atoms with Crippen LogP contribution in [-0.2, 0) is 19.2 Å². The van der Waals surface area contributed by atoms with Gasteiger partial charge in [0.1, 0.15) is 11.6 Å². The first-order chi connectivity index (χ1) is 8.72. The summed E-state index contributed by atoms with van der Waals surface area (Å²) < 4.78 is 0. The Labute approximate surface area is 111 Å². The van der Waals surface area contributed by atoms with Crippen LogP contribution < -0.4 is 0 Å². The number of carboxylic acid groups (broad SMARTS) is 2. The second-order valence-electron chi connectivity index (χ2n) is 4.69. The maximum Gasteiger partial charge on any atom is 0.303 e. The average molecular weight is 272 g/mol. The lowest BCUT2D eigenvalue weighted by Crippen LogP contribution is -2.37. The SMILES string of the molecule is CC(=O)C(CCCCC(=O)O)(CCC(=O)O)C(C)=O. The molecule has 0 aliphatic carbocycles. The molecule has 108 valence electrons. The first-order valence-corrected chi connectivity index (χ1v) is 6.18. The zero-order valence-corrected chi connectivity index (χ0v) is 11.3. The maximum absolute atomic E-state index is 11.7. The van der Waals surface area contributed by atoms with E-state index in [0.717, 1.165) is 0 Å². The van der Waals surface area contributed by atoms with Crippen molar-refractivity contribution in [3.05, 3.63) is 0 Å². The fourth-order valence-corrected chi connectivity index (χ4v) is 2.10. The minimum absolute atomic E-state index is 0.0230. The minimum atomic E-state index is -1.28. The van der Waals surface area contributed by atoms with Gasteiger partial charge in [0, 0.05) is 12.8 Å². The average Bonchev–Trinajstić information content (AvgIpc) is 2.26. The first-order valence-electron chi connectivity index (χ1n) is 6.18. The summed E-state index contributed by atoms with van der Waals surface area (Å²) in [5, 5.41) is 17.2. The summed E-state index contributed by atoms with van der Waals surface area (Å²) in [6, 6.07) is 0. The standard InChI is InChI=1S/C13H20O6/c1-9(14)13(10(2)15,8-6-12(18)19)7-4-3-5-11(16)17/h3-8H2,1-2H3,(H,16,17)(H,18,19). The van der Waals surface area contributed by atoms with E-state index in [-0.39, 0.29) is 37.2 Å². The fraction of sp³-hybridized carbons (Fsp3) is 0.692. The fourth-order valence-electron chi connectivity index (χ4n) is 2.10. The Morgan fingerprint density at radius 1 is 0.789 bits per heavy atom. The lowest BCUT2D eigenvalue weighted by Gasteiger charge is -2.28. The summed E-state index contributed by atoms with van der Waals surface area (Å²) >= 11 is 0. The molecule has 0 radical (unpaired) electrons. The quantitative estimate of drug-likeness (QED) is 0.462. The van der Waals surface area contributed by atoms with E-state index in [1.165, 1.54) is 13.8 Å². The van der Waals surface area contributed by atoms with Gasteiger partial charge in [-0.15, -0.1) is 0 Å². The Morgan fingerprint density at radius 2 is 1.26 bits per heavy atom. The molecule has 2 N–H and O–H groups in total. The predicted octanol–water partition coefficient (Wildman–Crippen LogP) is 1.66.